The van der Waals surface area contributed by atoms with Crippen LogP contribution in [0.1, 0.15) is 11.1 Å². The first kappa shape index (κ1) is 34.1. The normalized spacial score (nSPS) is 31.4. The van der Waals surface area contributed by atoms with Gasteiger partial charge in [0.1, 0.15) is 5.92 Å². The van der Waals surface area contributed by atoms with E-state index in [9.17, 15) is 29.4 Å². The van der Waals surface area contributed by atoms with Gasteiger partial charge in [-0.15, -0.1) is 0 Å². The van der Waals surface area contributed by atoms with Gasteiger partial charge in [-0.25, -0.2) is 0 Å². The van der Waals surface area contributed by atoms with E-state index in [1.54, 1.807) is 28.0 Å². The molecule has 4 saturated heterocycles. The molecule has 12 nitrogen and oxygen atoms in total. The molecule has 6 aliphatic heterocycles. The van der Waals surface area contributed by atoms with Gasteiger partial charge in [0.05, 0.1) is 36.3 Å². The van der Waals surface area contributed by atoms with Crippen molar-refractivity contribution < 1.29 is 38.9 Å². The molecule has 4 bridgehead atoms. The number of hydrogen-bond acceptors (Lipinski definition) is 9. The van der Waals surface area contributed by atoms with E-state index in [1.165, 1.54) is 11.1 Å². The second-order valence-corrected chi connectivity index (χ2v) is 13.8. The molecule has 2 aromatic rings. The zero-order valence-electron chi connectivity index (χ0n) is 27.9. The summed E-state index contributed by atoms with van der Waals surface area (Å²) in [6.45, 7) is 7.41. The number of aliphatic carboxylic acids is 2. The summed E-state index contributed by atoms with van der Waals surface area (Å²) in [5.41, 5.74) is 2.52. The summed E-state index contributed by atoms with van der Waals surface area (Å²) in [6.07, 6.45) is 5.33. The van der Waals surface area contributed by atoms with Crippen molar-refractivity contribution in [2.75, 3.05) is 52.4 Å². The topological polar surface area (TPSA) is 143 Å². The lowest BCUT2D eigenvalue weighted by atomic mass is 9.82. The third kappa shape index (κ3) is 7.11. The number of rotatable bonds is 8. The highest BCUT2D eigenvalue weighted by molar-refractivity contribution is 5.88. The Bertz CT molecular complexity index is 1480. The molecule has 0 radical (unpaired) electrons. The van der Waals surface area contributed by atoms with Crippen molar-refractivity contribution >= 4 is 23.8 Å². The van der Waals surface area contributed by atoms with E-state index in [1.807, 2.05) is 42.5 Å². The molecule has 0 spiro atoms. The summed E-state index contributed by atoms with van der Waals surface area (Å²) in [4.78, 5) is 57.0. The van der Waals surface area contributed by atoms with Crippen LogP contribution in [0.15, 0.2) is 85.0 Å². The van der Waals surface area contributed by atoms with E-state index in [0.717, 1.165) is 39.3 Å². The molecule has 4 unspecified atom stereocenters. The fourth-order valence-electron chi connectivity index (χ4n) is 8.14. The van der Waals surface area contributed by atoms with E-state index in [2.05, 4.69) is 34.1 Å². The van der Waals surface area contributed by atoms with Crippen molar-refractivity contribution in [3.05, 3.63) is 96.1 Å². The summed E-state index contributed by atoms with van der Waals surface area (Å²) in [6, 6.07) is 20.5. The number of carboxylic acids is 2. The van der Waals surface area contributed by atoms with Crippen molar-refractivity contribution in [3.8, 4) is 0 Å². The SMILES string of the molecule is O=C(O)C1C(C(=O)N2CCN(Cc3ccccc3)CC2)[C@@H]2C=C[C@H]1O2.O=C([O-])C1C(C(=O)N2CCN(Cc3ccccc3)CC2)[C@@H]2C=C[C@H]1O2. The standard InChI is InChI=1S/2C19H22N2O4/c2*22-18(16-14-6-7-15(25-14)17(16)19(23)24)21-10-8-20(9-11-21)12-13-4-2-1-3-5-13/h2*1-7,14-17H,8-12H2,(H,23,24)/p-1/t2*14-,15+,16?,17?/m00/s1. The lowest BCUT2D eigenvalue weighted by Gasteiger charge is -2.37. The summed E-state index contributed by atoms with van der Waals surface area (Å²) in [5.74, 6) is -5.21. The number of nitrogens with zero attached hydrogens (tertiary/aromatic N) is 4. The van der Waals surface area contributed by atoms with Crippen molar-refractivity contribution in [1.82, 2.24) is 19.6 Å². The molecule has 6 heterocycles. The van der Waals surface area contributed by atoms with Crippen LogP contribution in [0.25, 0.3) is 0 Å². The average molecular weight is 684 g/mol. The molecule has 2 amide bonds. The number of piperazine rings is 2. The molecular weight excluding hydrogens is 640 g/mol. The minimum absolute atomic E-state index is 0.0800. The number of amides is 2. The van der Waals surface area contributed by atoms with Gasteiger partial charge in [-0.3, -0.25) is 24.2 Å². The molecule has 8 rings (SSSR count). The number of carbonyl (C=O) groups excluding carboxylic acids is 3. The minimum Gasteiger partial charge on any atom is -0.550 e. The highest BCUT2D eigenvalue weighted by Gasteiger charge is 2.54. The van der Waals surface area contributed by atoms with Crippen LogP contribution in [-0.2, 0) is 41.7 Å². The molecule has 4 fully saturated rings. The monoisotopic (exact) mass is 683 g/mol. The van der Waals surface area contributed by atoms with E-state index < -0.39 is 53.9 Å². The van der Waals surface area contributed by atoms with Gasteiger partial charge in [0, 0.05) is 77.3 Å². The Kier molecular flexibility index (Phi) is 10.1. The average Bonchev–Trinajstić information content (AvgIpc) is 3.95. The summed E-state index contributed by atoms with van der Waals surface area (Å²) >= 11 is 0. The van der Waals surface area contributed by atoms with Crippen molar-refractivity contribution in [2.24, 2.45) is 23.7 Å². The van der Waals surface area contributed by atoms with Crippen LogP contribution < -0.4 is 5.11 Å². The van der Waals surface area contributed by atoms with E-state index in [-0.39, 0.29) is 17.9 Å². The molecule has 0 aromatic heterocycles. The third-order valence-electron chi connectivity index (χ3n) is 10.8. The second kappa shape index (κ2) is 14.9. The molecule has 264 valence electrons. The van der Waals surface area contributed by atoms with Gasteiger partial charge in [0.2, 0.25) is 11.8 Å². The molecule has 12 heteroatoms. The zero-order valence-corrected chi connectivity index (χ0v) is 27.9. The quantitative estimate of drug-likeness (QED) is 0.394. The largest absolute Gasteiger partial charge is 0.550 e. The Morgan fingerprint density at radius 2 is 0.920 bits per heavy atom. The maximum absolute atomic E-state index is 12.9. The van der Waals surface area contributed by atoms with Gasteiger partial charge < -0.3 is 34.3 Å². The van der Waals surface area contributed by atoms with Crippen LogP contribution in [0.5, 0.6) is 0 Å². The molecule has 8 atom stereocenters. The van der Waals surface area contributed by atoms with Crippen LogP contribution in [0.2, 0.25) is 0 Å². The van der Waals surface area contributed by atoms with Crippen LogP contribution in [0, 0.1) is 23.7 Å². The Labute approximate surface area is 291 Å². The molecule has 1 N–H and O–H groups in total. The lowest BCUT2D eigenvalue weighted by Crippen LogP contribution is -2.53. The molecule has 0 saturated carbocycles. The molecule has 50 heavy (non-hydrogen) atoms. The van der Waals surface area contributed by atoms with Crippen molar-refractivity contribution in [2.45, 2.75) is 37.5 Å². The van der Waals surface area contributed by atoms with Gasteiger partial charge in [-0.05, 0) is 11.1 Å². The number of benzene rings is 2. The van der Waals surface area contributed by atoms with E-state index in [4.69, 9.17) is 9.47 Å². The Morgan fingerprint density at radius 3 is 1.30 bits per heavy atom. The first-order valence-electron chi connectivity index (χ1n) is 17.5. The first-order chi connectivity index (χ1) is 24.3. The van der Waals surface area contributed by atoms with Crippen LogP contribution in [0.4, 0.5) is 0 Å². The van der Waals surface area contributed by atoms with Gasteiger partial charge in [0.25, 0.3) is 0 Å². The predicted octanol–water partition coefficient (Wildman–Crippen LogP) is 0.635. The molecule has 6 aliphatic rings. The number of carboxylic acid groups (broad SMARTS) is 2. The van der Waals surface area contributed by atoms with Gasteiger partial charge in [-0.1, -0.05) is 85.0 Å². The third-order valence-corrected chi connectivity index (χ3v) is 10.8. The predicted molar refractivity (Wildman–Crippen MR) is 179 cm³/mol. The lowest BCUT2D eigenvalue weighted by molar-refractivity contribution is -0.313. The Morgan fingerprint density at radius 1 is 0.560 bits per heavy atom. The van der Waals surface area contributed by atoms with E-state index in [0.29, 0.717) is 26.2 Å². The first-order valence-corrected chi connectivity index (χ1v) is 17.5. The smallest absolute Gasteiger partial charge is 0.310 e. The van der Waals surface area contributed by atoms with E-state index >= 15 is 0 Å². The molecular formula is C38H43N4O8-. The van der Waals surface area contributed by atoms with Gasteiger partial charge in [0.15, 0.2) is 0 Å². The fourth-order valence-corrected chi connectivity index (χ4v) is 8.14. The van der Waals surface area contributed by atoms with Gasteiger partial charge >= 0.3 is 5.97 Å². The number of carbonyl (C=O) groups is 4. The molecule has 0 aliphatic carbocycles. The van der Waals surface area contributed by atoms with Crippen LogP contribution in [-0.4, -0.2) is 125 Å². The maximum atomic E-state index is 12.9. The fraction of sp³-hybridized carbons (Fsp3) is 0.474. The highest BCUT2D eigenvalue weighted by Crippen LogP contribution is 2.41. The Hall–Kier alpha value is -4.36. The number of ether oxygens (including phenoxy) is 2. The van der Waals surface area contributed by atoms with Gasteiger partial charge in [-0.2, -0.15) is 0 Å². The van der Waals surface area contributed by atoms with Crippen LogP contribution >= 0.6 is 0 Å². The number of fused-ring (bicyclic) bond motifs is 4. The molecule has 2 aromatic carbocycles. The minimum atomic E-state index is -1.20. The van der Waals surface area contributed by atoms with Crippen LogP contribution in [0.3, 0.4) is 0 Å². The summed E-state index contributed by atoms with van der Waals surface area (Å²) < 4.78 is 11.2. The van der Waals surface area contributed by atoms with Crippen molar-refractivity contribution in [3.63, 3.8) is 0 Å². The summed E-state index contributed by atoms with van der Waals surface area (Å²) in [5, 5.41) is 20.9. The zero-order chi connectivity index (χ0) is 34.8. The van der Waals surface area contributed by atoms with Crippen molar-refractivity contribution in [1.29, 1.82) is 0 Å². The highest BCUT2D eigenvalue weighted by atomic mass is 16.5. The summed E-state index contributed by atoms with van der Waals surface area (Å²) in [7, 11) is 0. The maximum Gasteiger partial charge on any atom is 0.310 e. The number of hydrogen-bond donors (Lipinski definition) is 1. The Balaban J connectivity index is 0.000000157. The second-order valence-electron chi connectivity index (χ2n) is 13.8.